The summed E-state index contributed by atoms with van der Waals surface area (Å²) in [6, 6.07) is 14.0. The molecule has 0 saturated heterocycles. The van der Waals surface area contributed by atoms with E-state index in [2.05, 4.69) is 23.1 Å². The van der Waals surface area contributed by atoms with Gasteiger partial charge >= 0.3 is 0 Å². The van der Waals surface area contributed by atoms with Gasteiger partial charge in [-0.15, -0.1) is 0 Å². The van der Waals surface area contributed by atoms with Gasteiger partial charge in [-0.1, -0.05) is 47.1 Å². The quantitative estimate of drug-likeness (QED) is 0.752. The van der Waals surface area contributed by atoms with Gasteiger partial charge in [-0.05, 0) is 31.0 Å². The van der Waals surface area contributed by atoms with Crippen LogP contribution in [0.3, 0.4) is 0 Å². The molecule has 2 aromatic carbocycles. The van der Waals surface area contributed by atoms with Crippen molar-refractivity contribution in [1.29, 1.82) is 0 Å². The molecule has 5 nitrogen and oxygen atoms in total. The highest BCUT2D eigenvalue weighted by molar-refractivity contribution is 5.54. The van der Waals surface area contributed by atoms with Crippen molar-refractivity contribution in [3.8, 4) is 17.1 Å². The van der Waals surface area contributed by atoms with Gasteiger partial charge in [-0.3, -0.25) is 0 Å². The smallest absolute Gasteiger partial charge is 0.230 e. The van der Waals surface area contributed by atoms with Crippen molar-refractivity contribution in [3.63, 3.8) is 0 Å². The summed E-state index contributed by atoms with van der Waals surface area (Å²) in [7, 11) is 0. The summed E-state index contributed by atoms with van der Waals surface area (Å²) < 4.78 is 11.1. The van der Waals surface area contributed by atoms with Crippen molar-refractivity contribution >= 4 is 0 Å². The average Bonchev–Trinajstić information content (AvgIpc) is 3.06. The van der Waals surface area contributed by atoms with Crippen LogP contribution in [0.1, 0.15) is 22.6 Å². The number of aromatic nitrogens is 2. The molecule has 0 aliphatic carbocycles. The predicted octanol–water partition coefficient (Wildman–Crippen LogP) is 3.43. The third-order valence-corrected chi connectivity index (χ3v) is 3.82. The fraction of sp³-hybridized carbons (Fsp3) is 0.263. The Kier molecular flexibility index (Phi) is 4.91. The standard InChI is InChI=1S/C19H21N3O2/c1-13-3-8-17(14(2)11-13)23-10-9-18-21-19(22-24-18)16-6-4-15(12-20)5-7-16/h3-8,11H,9-10,12,20H2,1-2H3. The maximum absolute atomic E-state index is 5.80. The van der Waals surface area contributed by atoms with Crippen LogP contribution in [-0.4, -0.2) is 16.7 Å². The molecule has 3 aromatic rings. The summed E-state index contributed by atoms with van der Waals surface area (Å²) in [5, 5.41) is 4.02. The first kappa shape index (κ1) is 16.2. The van der Waals surface area contributed by atoms with Crippen LogP contribution in [0.5, 0.6) is 5.75 Å². The predicted molar refractivity (Wildman–Crippen MR) is 92.7 cm³/mol. The number of hydrogen-bond donors (Lipinski definition) is 1. The molecule has 2 N–H and O–H groups in total. The van der Waals surface area contributed by atoms with E-state index in [1.165, 1.54) is 5.56 Å². The number of rotatable bonds is 6. The first-order valence-corrected chi connectivity index (χ1v) is 7.98. The van der Waals surface area contributed by atoms with Crippen molar-refractivity contribution in [3.05, 3.63) is 65.0 Å². The third-order valence-electron chi connectivity index (χ3n) is 3.82. The molecular formula is C19H21N3O2. The maximum atomic E-state index is 5.80. The second-order valence-corrected chi connectivity index (χ2v) is 5.78. The van der Waals surface area contributed by atoms with E-state index in [9.17, 15) is 0 Å². The number of benzene rings is 2. The fourth-order valence-corrected chi connectivity index (χ4v) is 2.47. The summed E-state index contributed by atoms with van der Waals surface area (Å²) in [5.74, 6) is 2.04. The molecule has 0 aliphatic rings. The lowest BCUT2D eigenvalue weighted by molar-refractivity contribution is 0.291. The Balaban J connectivity index is 1.59. The van der Waals surface area contributed by atoms with Crippen LogP contribution in [0.25, 0.3) is 11.4 Å². The van der Waals surface area contributed by atoms with Crippen LogP contribution in [0, 0.1) is 13.8 Å². The van der Waals surface area contributed by atoms with Gasteiger partial charge in [0.1, 0.15) is 5.75 Å². The van der Waals surface area contributed by atoms with Gasteiger partial charge in [0.2, 0.25) is 11.7 Å². The van der Waals surface area contributed by atoms with Crippen LogP contribution < -0.4 is 10.5 Å². The Labute approximate surface area is 141 Å². The number of ether oxygens (including phenoxy) is 1. The Morgan fingerprint density at radius 3 is 2.58 bits per heavy atom. The van der Waals surface area contributed by atoms with Crippen LogP contribution in [0.4, 0.5) is 0 Å². The minimum atomic E-state index is 0.498. The van der Waals surface area contributed by atoms with E-state index in [0.717, 1.165) is 22.4 Å². The summed E-state index contributed by atoms with van der Waals surface area (Å²) in [6.07, 6.45) is 0.571. The molecule has 0 radical (unpaired) electrons. The minimum Gasteiger partial charge on any atom is -0.493 e. The first-order valence-electron chi connectivity index (χ1n) is 7.98. The van der Waals surface area contributed by atoms with Crippen LogP contribution in [0.2, 0.25) is 0 Å². The van der Waals surface area contributed by atoms with Gasteiger partial charge in [0.25, 0.3) is 0 Å². The lowest BCUT2D eigenvalue weighted by Gasteiger charge is -2.08. The lowest BCUT2D eigenvalue weighted by atomic mass is 10.1. The Hall–Kier alpha value is -2.66. The van der Waals surface area contributed by atoms with Crippen LogP contribution in [-0.2, 0) is 13.0 Å². The van der Waals surface area contributed by atoms with Crippen molar-refractivity contribution in [1.82, 2.24) is 10.1 Å². The number of nitrogens with zero attached hydrogens (tertiary/aromatic N) is 2. The molecule has 1 heterocycles. The van der Waals surface area contributed by atoms with Gasteiger partial charge in [0.05, 0.1) is 13.0 Å². The molecule has 0 bridgehead atoms. The van der Waals surface area contributed by atoms with E-state index in [0.29, 0.717) is 31.3 Å². The van der Waals surface area contributed by atoms with E-state index in [-0.39, 0.29) is 0 Å². The summed E-state index contributed by atoms with van der Waals surface area (Å²) in [5.41, 5.74) is 9.94. The van der Waals surface area contributed by atoms with E-state index in [1.807, 2.05) is 43.3 Å². The molecule has 24 heavy (non-hydrogen) atoms. The molecule has 1 aromatic heterocycles. The average molecular weight is 323 g/mol. The molecule has 0 unspecified atom stereocenters. The van der Waals surface area contributed by atoms with Crippen molar-refractivity contribution in [2.75, 3.05) is 6.61 Å². The van der Waals surface area contributed by atoms with Gasteiger partial charge in [0.15, 0.2) is 0 Å². The van der Waals surface area contributed by atoms with Crippen molar-refractivity contribution in [2.45, 2.75) is 26.8 Å². The summed E-state index contributed by atoms with van der Waals surface area (Å²) in [6.45, 7) is 5.13. The van der Waals surface area contributed by atoms with Gasteiger partial charge in [0, 0.05) is 12.1 Å². The van der Waals surface area contributed by atoms with Gasteiger partial charge in [-0.25, -0.2) is 0 Å². The Morgan fingerprint density at radius 1 is 1.08 bits per heavy atom. The van der Waals surface area contributed by atoms with E-state index >= 15 is 0 Å². The molecule has 0 aliphatic heterocycles. The Bertz CT molecular complexity index is 810. The molecule has 0 atom stereocenters. The summed E-state index contributed by atoms with van der Waals surface area (Å²) in [4.78, 5) is 4.41. The third kappa shape index (κ3) is 3.81. The number of nitrogens with two attached hydrogens (primary N) is 1. The van der Waals surface area contributed by atoms with E-state index in [4.69, 9.17) is 15.0 Å². The number of hydrogen-bond acceptors (Lipinski definition) is 5. The molecule has 124 valence electrons. The second-order valence-electron chi connectivity index (χ2n) is 5.78. The van der Waals surface area contributed by atoms with E-state index in [1.54, 1.807) is 0 Å². The van der Waals surface area contributed by atoms with Gasteiger partial charge < -0.3 is 15.0 Å². The maximum Gasteiger partial charge on any atom is 0.230 e. The largest absolute Gasteiger partial charge is 0.493 e. The highest BCUT2D eigenvalue weighted by Gasteiger charge is 2.09. The highest BCUT2D eigenvalue weighted by Crippen LogP contribution is 2.20. The van der Waals surface area contributed by atoms with Crippen LogP contribution in [0.15, 0.2) is 47.0 Å². The first-order chi connectivity index (χ1) is 11.7. The second kappa shape index (κ2) is 7.27. The monoisotopic (exact) mass is 323 g/mol. The normalized spacial score (nSPS) is 10.8. The molecule has 0 spiro atoms. The SMILES string of the molecule is Cc1ccc(OCCc2nc(-c3ccc(CN)cc3)no2)c(C)c1. The molecule has 3 rings (SSSR count). The van der Waals surface area contributed by atoms with Crippen molar-refractivity contribution in [2.24, 2.45) is 5.73 Å². The highest BCUT2D eigenvalue weighted by atomic mass is 16.5. The lowest BCUT2D eigenvalue weighted by Crippen LogP contribution is -2.02. The zero-order chi connectivity index (χ0) is 16.9. The molecular weight excluding hydrogens is 302 g/mol. The molecule has 0 amide bonds. The molecule has 5 heteroatoms. The van der Waals surface area contributed by atoms with E-state index < -0.39 is 0 Å². The number of aryl methyl sites for hydroxylation is 2. The zero-order valence-corrected chi connectivity index (χ0v) is 14.0. The zero-order valence-electron chi connectivity index (χ0n) is 14.0. The summed E-state index contributed by atoms with van der Waals surface area (Å²) >= 11 is 0. The van der Waals surface area contributed by atoms with Crippen LogP contribution >= 0.6 is 0 Å². The topological polar surface area (TPSA) is 74.2 Å². The fourth-order valence-electron chi connectivity index (χ4n) is 2.47. The minimum absolute atomic E-state index is 0.498. The molecule has 0 saturated carbocycles. The Morgan fingerprint density at radius 2 is 1.88 bits per heavy atom. The molecule has 0 fully saturated rings. The van der Waals surface area contributed by atoms with Crippen molar-refractivity contribution < 1.29 is 9.26 Å². The van der Waals surface area contributed by atoms with Gasteiger partial charge in [-0.2, -0.15) is 4.98 Å².